The van der Waals surface area contributed by atoms with E-state index in [1.54, 1.807) is 11.3 Å². The standard InChI is InChI=1S/C31H49N3O2SSi/c1-11-17-33-20-24(5)34(21-23(33)4)29(28-19-26(22-37-28)30(35)32(12-2)13-3)25-15-14-16-27(18-25)36-38(9,10)31(6,7)8/h11,14-16,18-19,22-24,29H,1,12-13,17,20-21H2,2-10H3/t23-,24+,29+/m1/s1. The number of amides is 1. The molecule has 1 fully saturated rings. The molecule has 3 rings (SSSR count). The second kappa shape index (κ2) is 12.5. The summed E-state index contributed by atoms with van der Waals surface area (Å²) in [5.41, 5.74) is 2.01. The molecule has 0 N–H and O–H groups in total. The van der Waals surface area contributed by atoms with Crippen molar-refractivity contribution in [3.8, 4) is 5.75 Å². The quantitative estimate of drug-likeness (QED) is 0.228. The van der Waals surface area contributed by atoms with E-state index in [1.807, 2.05) is 30.2 Å². The van der Waals surface area contributed by atoms with Gasteiger partial charge in [0.15, 0.2) is 0 Å². The average Bonchev–Trinajstić information content (AvgIpc) is 3.32. The molecule has 1 aliphatic rings. The summed E-state index contributed by atoms with van der Waals surface area (Å²) in [6.45, 7) is 28.4. The van der Waals surface area contributed by atoms with Gasteiger partial charge in [-0.3, -0.25) is 14.6 Å². The van der Waals surface area contributed by atoms with Crippen LogP contribution in [0, 0.1) is 0 Å². The molecule has 38 heavy (non-hydrogen) atoms. The summed E-state index contributed by atoms with van der Waals surface area (Å²) in [5.74, 6) is 1.06. The van der Waals surface area contributed by atoms with Crippen molar-refractivity contribution in [2.24, 2.45) is 0 Å². The van der Waals surface area contributed by atoms with E-state index < -0.39 is 8.32 Å². The molecule has 7 heteroatoms. The lowest BCUT2D eigenvalue weighted by atomic mass is 9.97. The van der Waals surface area contributed by atoms with Crippen molar-refractivity contribution in [1.82, 2.24) is 14.7 Å². The Balaban J connectivity index is 2.04. The van der Waals surface area contributed by atoms with Crippen molar-refractivity contribution in [3.05, 3.63) is 64.4 Å². The highest BCUT2D eigenvalue weighted by atomic mass is 32.1. The van der Waals surface area contributed by atoms with Crippen LogP contribution in [0.25, 0.3) is 0 Å². The van der Waals surface area contributed by atoms with Crippen LogP contribution < -0.4 is 4.43 Å². The molecule has 0 aliphatic carbocycles. The highest BCUT2D eigenvalue weighted by molar-refractivity contribution is 7.10. The maximum Gasteiger partial charge on any atom is 0.254 e. The Morgan fingerprint density at radius 3 is 2.47 bits per heavy atom. The molecule has 1 saturated heterocycles. The van der Waals surface area contributed by atoms with Crippen molar-refractivity contribution in [2.75, 3.05) is 32.7 Å². The van der Waals surface area contributed by atoms with Gasteiger partial charge in [0.05, 0.1) is 11.6 Å². The first-order valence-corrected chi connectivity index (χ1v) is 17.9. The lowest BCUT2D eigenvalue weighted by Crippen LogP contribution is -2.57. The van der Waals surface area contributed by atoms with Gasteiger partial charge in [-0.25, -0.2) is 0 Å². The van der Waals surface area contributed by atoms with Crippen LogP contribution in [0.2, 0.25) is 18.1 Å². The van der Waals surface area contributed by atoms with E-state index in [4.69, 9.17) is 4.43 Å². The minimum absolute atomic E-state index is 0.0598. The summed E-state index contributed by atoms with van der Waals surface area (Å²) in [6, 6.07) is 11.6. The predicted molar refractivity (Wildman–Crippen MR) is 165 cm³/mol. The molecule has 1 aromatic heterocycles. The Labute approximate surface area is 236 Å². The van der Waals surface area contributed by atoms with Crippen LogP contribution >= 0.6 is 11.3 Å². The zero-order valence-electron chi connectivity index (χ0n) is 25.1. The smallest absolute Gasteiger partial charge is 0.254 e. The van der Waals surface area contributed by atoms with Crippen LogP contribution in [0.4, 0.5) is 0 Å². The van der Waals surface area contributed by atoms with Gasteiger partial charge in [-0.05, 0) is 69.6 Å². The van der Waals surface area contributed by atoms with E-state index in [-0.39, 0.29) is 17.0 Å². The fourth-order valence-electron chi connectivity index (χ4n) is 5.02. The molecular formula is C31H49N3O2SSi. The molecule has 1 amide bonds. The number of benzene rings is 1. The molecule has 0 unspecified atom stereocenters. The number of carbonyl (C=O) groups excluding carboxylic acids is 1. The normalized spacial score (nSPS) is 20.2. The van der Waals surface area contributed by atoms with Crippen LogP contribution in [-0.4, -0.2) is 73.7 Å². The summed E-state index contributed by atoms with van der Waals surface area (Å²) >= 11 is 1.70. The van der Waals surface area contributed by atoms with Gasteiger partial charge < -0.3 is 9.33 Å². The lowest BCUT2D eigenvalue weighted by Gasteiger charge is -2.47. The molecule has 0 bridgehead atoms. The van der Waals surface area contributed by atoms with Gasteiger partial charge in [0, 0.05) is 55.1 Å². The Kier molecular flexibility index (Phi) is 10.1. The number of hydrogen-bond donors (Lipinski definition) is 0. The molecule has 5 nitrogen and oxygen atoms in total. The number of thiophene rings is 1. The molecule has 1 aliphatic heterocycles. The van der Waals surface area contributed by atoms with E-state index in [2.05, 4.69) is 94.4 Å². The molecule has 210 valence electrons. The van der Waals surface area contributed by atoms with Crippen LogP contribution in [0.15, 0.2) is 48.4 Å². The highest BCUT2D eigenvalue weighted by Gasteiger charge is 2.40. The molecule has 2 heterocycles. The topological polar surface area (TPSA) is 36.0 Å². The molecule has 0 radical (unpaired) electrons. The first-order chi connectivity index (χ1) is 17.8. The Morgan fingerprint density at radius 2 is 1.87 bits per heavy atom. The summed E-state index contributed by atoms with van der Waals surface area (Å²) in [7, 11) is -1.97. The molecule has 3 atom stereocenters. The van der Waals surface area contributed by atoms with Crippen LogP contribution in [0.3, 0.4) is 0 Å². The second-order valence-electron chi connectivity index (χ2n) is 12.2. The number of rotatable bonds is 10. The maximum atomic E-state index is 13.2. The number of carbonyl (C=O) groups is 1. The molecular weight excluding hydrogens is 507 g/mol. The van der Waals surface area contributed by atoms with Crippen molar-refractivity contribution < 1.29 is 9.22 Å². The van der Waals surface area contributed by atoms with Gasteiger partial charge in [-0.1, -0.05) is 39.0 Å². The minimum Gasteiger partial charge on any atom is -0.543 e. The van der Waals surface area contributed by atoms with Crippen molar-refractivity contribution >= 4 is 25.6 Å². The Bertz CT molecular complexity index is 1090. The predicted octanol–water partition coefficient (Wildman–Crippen LogP) is 7.28. The zero-order valence-corrected chi connectivity index (χ0v) is 26.9. The van der Waals surface area contributed by atoms with Crippen LogP contribution in [0.5, 0.6) is 5.75 Å². The largest absolute Gasteiger partial charge is 0.543 e. The zero-order chi connectivity index (χ0) is 28.3. The number of hydrogen-bond acceptors (Lipinski definition) is 5. The maximum absolute atomic E-state index is 13.2. The van der Waals surface area contributed by atoms with E-state index in [0.717, 1.165) is 44.0 Å². The summed E-state index contributed by atoms with van der Waals surface area (Å²) in [4.78, 5) is 21.4. The summed E-state index contributed by atoms with van der Waals surface area (Å²) in [6.07, 6.45) is 2.00. The third kappa shape index (κ3) is 6.79. The monoisotopic (exact) mass is 555 g/mol. The number of nitrogens with zero attached hydrogens (tertiary/aromatic N) is 3. The first-order valence-electron chi connectivity index (χ1n) is 14.1. The van der Waals surface area contributed by atoms with E-state index in [1.165, 1.54) is 10.4 Å². The van der Waals surface area contributed by atoms with Gasteiger partial charge in [0.25, 0.3) is 5.91 Å². The fourth-order valence-corrected chi connectivity index (χ4v) is 7.07. The van der Waals surface area contributed by atoms with Crippen molar-refractivity contribution in [3.63, 3.8) is 0 Å². The van der Waals surface area contributed by atoms with Crippen molar-refractivity contribution in [1.29, 1.82) is 0 Å². The van der Waals surface area contributed by atoms with E-state index in [9.17, 15) is 4.79 Å². The van der Waals surface area contributed by atoms with Crippen LogP contribution in [-0.2, 0) is 0 Å². The lowest BCUT2D eigenvalue weighted by molar-refractivity contribution is 0.0315. The summed E-state index contributed by atoms with van der Waals surface area (Å²) < 4.78 is 6.72. The SMILES string of the molecule is C=CCN1C[C@H](C)N([C@@H](c2cccc(O[Si](C)(C)C(C)(C)C)c2)c2cc(C(=O)N(CC)CC)cs2)C[C@H]1C. The average molecular weight is 556 g/mol. The van der Waals surface area contributed by atoms with Gasteiger partial charge >= 0.3 is 0 Å². The van der Waals surface area contributed by atoms with Gasteiger partial charge in [-0.2, -0.15) is 0 Å². The number of piperazine rings is 1. The third-order valence-corrected chi connectivity index (χ3v) is 13.7. The minimum atomic E-state index is -1.97. The summed E-state index contributed by atoms with van der Waals surface area (Å²) in [5, 5.41) is 2.17. The van der Waals surface area contributed by atoms with E-state index >= 15 is 0 Å². The molecule has 2 aromatic rings. The highest BCUT2D eigenvalue weighted by Crippen LogP contribution is 2.40. The molecule has 0 saturated carbocycles. The fraction of sp³-hybridized carbons (Fsp3) is 0.581. The third-order valence-electron chi connectivity index (χ3n) is 8.40. The molecule has 1 aromatic carbocycles. The van der Waals surface area contributed by atoms with E-state index in [0.29, 0.717) is 12.1 Å². The van der Waals surface area contributed by atoms with Crippen LogP contribution in [0.1, 0.15) is 75.3 Å². The van der Waals surface area contributed by atoms with Gasteiger partial charge in [-0.15, -0.1) is 17.9 Å². The Morgan fingerprint density at radius 1 is 1.18 bits per heavy atom. The Hall–Kier alpha value is -1.93. The first kappa shape index (κ1) is 30.6. The molecule has 0 spiro atoms. The van der Waals surface area contributed by atoms with Gasteiger partial charge in [0.2, 0.25) is 8.32 Å². The second-order valence-corrected chi connectivity index (χ2v) is 17.9. The van der Waals surface area contributed by atoms with Crippen molar-refractivity contribution in [2.45, 2.75) is 84.7 Å². The van der Waals surface area contributed by atoms with Gasteiger partial charge in [0.1, 0.15) is 5.75 Å².